The van der Waals surface area contributed by atoms with Crippen molar-refractivity contribution >= 4 is 11.7 Å². The van der Waals surface area contributed by atoms with Crippen LogP contribution in [0.2, 0.25) is 0 Å². The number of hydrogen-bond donors (Lipinski definition) is 1. The lowest BCUT2D eigenvalue weighted by molar-refractivity contribution is -0.268. The molecule has 60 valence electrons. The van der Waals surface area contributed by atoms with Crippen LogP contribution < -0.4 is 5.11 Å². The quantitative estimate of drug-likeness (QED) is 0.625. The Morgan fingerprint density at radius 3 is 2.75 bits per heavy atom. The third kappa shape index (κ3) is 1.32. The molecule has 0 saturated carbocycles. The van der Waals surface area contributed by atoms with Crippen molar-refractivity contribution in [3.63, 3.8) is 0 Å². The molecule has 0 aliphatic rings. The fourth-order valence-corrected chi connectivity index (χ4v) is 0.747. The number of rotatable bonds is 1. The van der Waals surface area contributed by atoms with Crippen molar-refractivity contribution in [1.82, 2.24) is 0 Å². The number of diazo groups is 1. The second-order valence-corrected chi connectivity index (χ2v) is 2.09. The second kappa shape index (κ2) is 2.88. The normalized spacial score (nSPS) is 8.92. The van der Waals surface area contributed by atoms with E-state index in [9.17, 15) is 9.90 Å². The van der Waals surface area contributed by atoms with Crippen LogP contribution in [0.4, 0.5) is 5.69 Å². The Morgan fingerprint density at radius 1 is 1.58 bits per heavy atom. The van der Waals surface area contributed by atoms with E-state index in [4.69, 9.17) is 10.5 Å². The van der Waals surface area contributed by atoms with E-state index >= 15 is 0 Å². The fourth-order valence-electron chi connectivity index (χ4n) is 0.747. The number of carboxylic acids is 1. The zero-order valence-corrected chi connectivity index (χ0v) is 5.89. The van der Waals surface area contributed by atoms with Crippen LogP contribution in [0.15, 0.2) is 18.2 Å². The van der Waals surface area contributed by atoms with Crippen LogP contribution in [-0.4, -0.2) is 11.1 Å². The minimum Gasteiger partial charge on any atom is -0.872 e. The molecule has 0 heterocycles. The van der Waals surface area contributed by atoms with Gasteiger partial charge in [0.15, 0.2) is 4.98 Å². The van der Waals surface area contributed by atoms with Gasteiger partial charge in [-0.1, -0.05) is 11.8 Å². The Balaban J connectivity index is 3.28. The highest BCUT2D eigenvalue weighted by Crippen LogP contribution is 2.20. The van der Waals surface area contributed by atoms with E-state index in [0.717, 1.165) is 12.1 Å². The molecule has 0 aromatic heterocycles. The van der Waals surface area contributed by atoms with Crippen molar-refractivity contribution in [3.8, 4) is 5.75 Å². The van der Waals surface area contributed by atoms with Gasteiger partial charge < -0.3 is 10.2 Å². The molecule has 0 aliphatic heterocycles. The van der Waals surface area contributed by atoms with Crippen LogP contribution in [0.25, 0.3) is 4.98 Å². The lowest BCUT2D eigenvalue weighted by atomic mass is 10.2. The summed E-state index contributed by atoms with van der Waals surface area (Å²) in [6.07, 6.45) is 0. The minimum atomic E-state index is -1.33. The molecule has 0 unspecified atom stereocenters. The number of hydrogen-bond acceptors (Lipinski definition) is 3. The third-order valence-electron chi connectivity index (χ3n) is 1.31. The van der Waals surface area contributed by atoms with Gasteiger partial charge in [-0.3, -0.25) is 0 Å². The van der Waals surface area contributed by atoms with Crippen LogP contribution in [0, 0.1) is 5.39 Å². The summed E-state index contributed by atoms with van der Waals surface area (Å²) in [6.45, 7) is 0. The molecular weight excluding hydrogens is 160 g/mol. The van der Waals surface area contributed by atoms with Gasteiger partial charge in [0, 0.05) is 12.1 Å². The Bertz CT molecular complexity index is 367. The van der Waals surface area contributed by atoms with Gasteiger partial charge >= 0.3 is 11.7 Å². The monoisotopic (exact) mass is 164 g/mol. The summed E-state index contributed by atoms with van der Waals surface area (Å²) in [6, 6.07) is 3.28. The second-order valence-electron chi connectivity index (χ2n) is 2.09. The molecule has 12 heavy (non-hydrogen) atoms. The SMILES string of the molecule is N#[N+]c1ccc([O-])c(C(=O)O)c1. The Labute approximate surface area is 67.5 Å². The molecule has 1 N–H and O–H groups in total. The van der Waals surface area contributed by atoms with Crippen LogP contribution in [0.5, 0.6) is 5.75 Å². The maximum atomic E-state index is 10.8. The number of benzene rings is 1. The highest BCUT2D eigenvalue weighted by molar-refractivity contribution is 5.91. The van der Waals surface area contributed by atoms with Gasteiger partial charge in [-0.15, -0.1) is 0 Å². The predicted octanol–water partition coefficient (Wildman–Crippen LogP) is 0.943. The third-order valence-corrected chi connectivity index (χ3v) is 1.31. The lowest BCUT2D eigenvalue weighted by Gasteiger charge is -2.05. The van der Waals surface area contributed by atoms with E-state index in [0.29, 0.717) is 0 Å². The summed E-state index contributed by atoms with van der Waals surface area (Å²) in [7, 11) is 0. The summed E-state index contributed by atoms with van der Waals surface area (Å²) < 4.78 is 0. The first-order valence-electron chi connectivity index (χ1n) is 3.04. The first kappa shape index (κ1) is 8.01. The number of carbonyl (C=O) groups is 1. The molecule has 5 nitrogen and oxygen atoms in total. The highest BCUT2D eigenvalue weighted by Gasteiger charge is 2.10. The minimum absolute atomic E-state index is 0.0481. The largest absolute Gasteiger partial charge is 0.872 e. The molecule has 1 aromatic rings. The first-order valence-corrected chi connectivity index (χ1v) is 3.04. The number of aromatic carboxylic acids is 1. The van der Waals surface area contributed by atoms with E-state index in [1.807, 2.05) is 0 Å². The molecule has 0 atom stereocenters. The van der Waals surface area contributed by atoms with Crippen LogP contribution in [-0.2, 0) is 0 Å². The molecule has 0 fully saturated rings. The lowest BCUT2D eigenvalue weighted by Crippen LogP contribution is -2.02. The van der Waals surface area contributed by atoms with Crippen molar-refractivity contribution in [1.29, 1.82) is 5.39 Å². The van der Waals surface area contributed by atoms with Gasteiger partial charge in [0.1, 0.15) is 0 Å². The molecule has 5 heteroatoms. The molecule has 0 amide bonds. The average molecular weight is 164 g/mol. The summed E-state index contributed by atoms with van der Waals surface area (Å²) in [5.41, 5.74) is -0.350. The van der Waals surface area contributed by atoms with Gasteiger partial charge in [-0.25, -0.2) is 4.79 Å². The molecule has 1 rings (SSSR count). The molecule has 0 spiro atoms. The van der Waals surface area contributed by atoms with E-state index in [1.54, 1.807) is 0 Å². The van der Waals surface area contributed by atoms with E-state index in [1.165, 1.54) is 6.07 Å². The summed E-state index contributed by atoms with van der Waals surface area (Å²) in [5, 5.41) is 27.6. The number of nitrogens with zero attached hydrogens (tertiary/aromatic N) is 2. The molecule has 0 bridgehead atoms. The average Bonchev–Trinajstić information content (AvgIpc) is 2.05. The summed E-state index contributed by atoms with van der Waals surface area (Å²) in [5.74, 6) is -1.93. The molecule has 1 aromatic carbocycles. The fraction of sp³-hybridized carbons (Fsp3) is 0. The molecular formula is C7H4N2O3. The Hall–Kier alpha value is -2.09. The van der Waals surface area contributed by atoms with Gasteiger partial charge in [-0.2, -0.15) is 0 Å². The van der Waals surface area contributed by atoms with Crippen molar-refractivity contribution in [2.45, 2.75) is 0 Å². The number of carboxylic acid groups (broad SMARTS) is 1. The van der Waals surface area contributed by atoms with Crippen molar-refractivity contribution in [2.75, 3.05) is 0 Å². The van der Waals surface area contributed by atoms with E-state index in [2.05, 4.69) is 4.98 Å². The van der Waals surface area contributed by atoms with Gasteiger partial charge in [0.25, 0.3) is 0 Å². The van der Waals surface area contributed by atoms with Crippen LogP contribution >= 0.6 is 0 Å². The standard InChI is InChI=1S/C7H4N2O3/c8-9-4-1-2-6(10)5(3-4)7(11)12/h1-3H,(H-,10,11,12). The van der Waals surface area contributed by atoms with Crippen LogP contribution in [0.3, 0.4) is 0 Å². The predicted molar refractivity (Wildman–Crippen MR) is 37.6 cm³/mol. The zero-order chi connectivity index (χ0) is 9.14. The zero-order valence-electron chi connectivity index (χ0n) is 5.89. The molecule has 0 radical (unpaired) electrons. The molecule has 0 aliphatic carbocycles. The maximum Gasteiger partial charge on any atom is 0.385 e. The van der Waals surface area contributed by atoms with Crippen molar-refractivity contribution < 1.29 is 15.0 Å². The van der Waals surface area contributed by atoms with Crippen LogP contribution in [0.1, 0.15) is 10.4 Å². The maximum absolute atomic E-state index is 10.8. The first-order chi connectivity index (χ1) is 5.65. The van der Waals surface area contributed by atoms with E-state index < -0.39 is 17.3 Å². The Kier molecular flexibility index (Phi) is 1.92. The van der Waals surface area contributed by atoms with Crippen molar-refractivity contribution in [3.05, 3.63) is 28.7 Å². The summed E-state index contributed by atoms with van der Waals surface area (Å²) >= 11 is 0. The Morgan fingerprint density at radius 2 is 2.25 bits per heavy atom. The smallest absolute Gasteiger partial charge is 0.385 e. The van der Waals surface area contributed by atoms with E-state index in [-0.39, 0.29) is 5.69 Å². The van der Waals surface area contributed by atoms with Gasteiger partial charge in [0.05, 0.1) is 5.56 Å². The topological polar surface area (TPSA) is 88.5 Å². The van der Waals surface area contributed by atoms with Crippen molar-refractivity contribution in [2.24, 2.45) is 0 Å². The summed E-state index contributed by atoms with van der Waals surface area (Å²) in [4.78, 5) is 13.1. The van der Waals surface area contributed by atoms with Gasteiger partial charge in [0.2, 0.25) is 5.39 Å². The van der Waals surface area contributed by atoms with Gasteiger partial charge in [-0.05, 0) is 0 Å². The molecule has 0 saturated heterocycles. The highest BCUT2D eigenvalue weighted by atomic mass is 16.4.